The van der Waals surface area contributed by atoms with Crippen LogP contribution in [0.25, 0.3) is 0 Å². The van der Waals surface area contributed by atoms with Crippen molar-refractivity contribution in [3.05, 3.63) is 63.3 Å². The van der Waals surface area contributed by atoms with Crippen molar-refractivity contribution in [1.29, 1.82) is 0 Å². The van der Waals surface area contributed by atoms with Crippen LogP contribution in [0.15, 0.2) is 41.2 Å². The van der Waals surface area contributed by atoms with Gasteiger partial charge < -0.3 is 20.4 Å². The monoisotopic (exact) mass is 435 g/mol. The van der Waals surface area contributed by atoms with E-state index in [0.717, 1.165) is 31.7 Å². The highest BCUT2D eigenvalue weighted by Gasteiger charge is 2.23. The molecule has 1 aromatic heterocycles. The predicted octanol–water partition coefficient (Wildman–Crippen LogP) is 2.65. The van der Waals surface area contributed by atoms with E-state index in [0.29, 0.717) is 12.5 Å². The van der Waals surface area contributed by atoms with Gasteiger partial charge in [-0.25, -0.2) is 4.39 Å². The topological polar surface area (TPSA) is 100 Å². The molecule has 0 radical (unpaired) electrons. The molecule has 30 heavy (non-hydrogen) atoms. The van der Waals surface area contributed by atoms with E-state index < -0.39 is 5.82 Å². The summed E-state index contributed by atoms with van der Waals surface area (Å²) in [5, 5.41) is 5.76. The molecule has 1 aliphatic carbocycles. The Labute approximate surface area is 178 Å². The Morgan fingerprint density at radius 2 is 1.93 bits per heavy atom. The molecule has 0 saturated heterocycles. The number of pyridine rings is 1. The highest BCUT2D eigenvalue weighted by atomic mass is 35.5. The second kappa shape index (κ2) is 10.2. The maximum atomic E-state index is 13.4. The number of carbonyl (C=O) groups excluding carboxylic acids is 2. The summed E-state index contributed by atoms with van der Waals surface area (Å²) >= 11 is 5.61. The molecule has 3 rings (SSSR count). The van der Waals surface area contributed by atoms with E-state index in [-0.39, 0.29) is 46.5 Å². The maximum Gasteiger partial charge on any atom is 0.267 e. The van der Waals surface area contributed by atoms with E-state index in [1.54, 1.807) is 6.07 Å². The van der Waals surface area contributed by atoms with Crippen LogP contribution in [-0.2, 0) is 4.79 Å². The Bertz CT molecular complexity index is 957. The number of ether oxygens (including phenoxy) is 1. The van der Waals surface area contributed by atoms with Crippen molar-refractivity contribution in [2.45, 2.75) is 31.7 Å². The van der Waals surface area contributed by atoms with Crippen LogP contribution in [0.2, 0.25) is 5.02 Å². The fourth-order valence-corrected chi connectivity index (χ4v) is 3.53. The number of H-pyrrole nitrogens is 1. The zero-order valence-electron chi connectivity index (χ0n) is 16.3. The first-order valence-electron chi connectivity index (χ1n) is 9.75. The number of carbonyl (C=O) groups is 2. The van der Waals surface area contributed by atoms with Gasteiger partial charge in [0.25, 0.3) is 11.8 Å². The Morgan fingerprint density at radius 1 is 1.17 bits per heavy atom. The van der Waals surface area contributed by atoms with Gasteiger partial charge in [-0.15, -0.1) is 0 Å². The van der Waals surface area contributed by atoms with Crippen LogP contribution < -0.4 is 20.9 Å². The number of rotatable bonds is 7. The number of aromatic nitrogens is 1. The van der Waals surface area contributed by atoms with E-state index in [2.05, 4.69) is 15.6 Å². The van der Waals surface area contributed by atoms with Crippen molar-refractivity contribution < 1.29 is 18.7 Å². The lowest BCUT2D eigenvalue weighted by Crippen LogP contribution is -2.41. The first kappa shape index (κ1) is 21.8. The predicted molar refractivity (Wildman–Crippen MR) is 110 cm³/mol. The first-order valence-corrected chi connectivity index (χ1v) is 10.1. The average Bonchev–Trinajstić information content (AvgIpc) is 2.74. The molecule has 2 amide bonds. The van der Waals surface area contributed by atoms with Crippen molar-refractivity contribution in [2.24, 2.45) is 5.92 Å². The van der Waals surface area contributed by atoms with Crippen molar-refractivity contribution in [3.63, 3.8) is 0 Å². The zero-order chi connectivity index (χ0) is 21.5. The number of aromatic amines is 1. The van der Waals surface area contributed by atoms with Gasteiger partial charge in [0, 0.05) is 24.7 Å². The van der Waals surface area contributed by atoms with Crippen LogP contribution in [-0.4, -0.2) is 36.0 Å². The lowest BCUT2D eigenvalue weighted by molar-refractivity contribution is -0.124. The number of hydrogen-bond acceptors (Lipinski definition) is 4. The fourth-order valence-electron chi connectivity index (χ4n) is 3.41. The molecule has 9 heteroatoms. The van der Waals surface area contributed by atoms with Crippen molar-refractivity contribution in [1.82, 2.24) is 15.6 Å². The average molecular weight is 436 g/mol. The third-order valence-corrected chi connectivity index (χ3v) is 5.34. The lowest BCUT2D eigenvalue weighted by atomic mass is 9.86. The van der Waals surface area contributed by atoms with Crippen LogP contribution in [0.5, 0.6) is 5.75 Å². The van der Waals surface area contributed by atoms with E-state index in [1.807, 2.05) is 0 Å². The quantitative estimate of drug-likeness (QED) is 0.622. The Balaban J connectivity index is 1.35. The first-order chi connectivity index (χ1) is 14.4. The van der Waals surface area contributed by atoms with Crippen LogP contribution in [0.4, 0.5) is 4.39 Å². The van der Waals surface area contributed by atoms with E-state index in [1.165, 1.54) is 24.3 Å². The molecule has 7 nitrogen and oxygen atoms in total. The molecule has 1 aromatic carbocycles. The maximum absolute atomic E-state index is 13.4. The molecule has 1 saturated carbocycles. The van der Waals surface area contributed by atoms with Gasteiger partial charge in [-0.3, -0.25) is 14.4 Å². The molecule has 160 valence electrons. The van der Waals surface area contributed by atoms with Gasteiger partial charge in [-0.1, -0.05) is 17.7 Å². The number of nitrogens with one attached hydrogen (secondary N) is 3. The number of hydrogen-bond donors (Lipinski definition) is 3. The minimum Gasteiger partial charge on any atom is -0.484 e. The lowest BCUT2D eigenvalue weighted by Gasteiger charge is -2.29. The van der Waals surface area contributed by atoms with Gasteiger partial charge in [0.05, 0.1) is 5.02 Å². The Kier molecular flexibility index (Phi) is 7.46. The summed E-state index contributed by atoms with van der Waals surface area (Å²) in [6, 6.07) is 8.51. The van der Waals surface area contributed by atoms with Gasteiger partial charge in [-0.2, -0.15) is 0 Å². The standard InChI is InChI=1S/C21H23ClFN3O4/c22-16-9-8-15(10-17(16)23)30-12-20(28)25-14-6-4-13(5-7-14)11-24-21(29)18-2-1-3-19(27)26-18/h1-3,8-10,13-14H,4-7,11-12H2,(H,24,29)(H,25,28)(H,26,27). The summed E-state index contributed by atoms with van der Waals surface area (Å²) in [6.07, 6.45) is 3.31. The van der Waals surface area contributed by atoms with Crippen molar-refractivity contribution in [2.75, 3.05) is 13.2 Å². The van der Waals surface area contributed by atoms with Crippen LogP contribution in [0.3, 0.4) is 0 Å². The molecule has 1 heterocycles. The Hall–Kier alpha value is -2.87. The molecule has 1 aliphatic rings. The second-order valence-electron chi connectivity index (χ2n) is 7.29. The van der Waals surface area contributed by atoms with E-state index in [9.17, 15) is 18.8 Å². The molecule has 0 atom stereocenters. The van der Waals surface area contributed by atoms with Gasteiger partial charge in [-0.05, 0) is 49.8 Å². The van der Waals surface area contributed by atoms with Gasteiger partial charge in [0.2, 0.25) is 5.56 Å². The molecule has 0 aliphatic heterocycles. The summed E-state index contributed by atoms with van der Waals surface area (Å²) in [4.78, 5) is 37.9. The van der Waals surface area contributed by atoms with Crippen LogP contribution in [0.1, 0.15) is 36.2 Å². The molecule has 2 aromatic rings. The highest BCUT2D eigenvalue weighted by Crippen LogP contribution is 2.24. The molecule has 0 unspecified atom stereocenters. The van der Waals surface area contributed by atoms with E-state index >= 15 is 0 Å². The summed E-state index contributed by atoms with van der Waals surface area (Å²) in [6.45, 7) is 0.313. The Morgan fingerprint density at radius 3 is 2.63 bits per heavy atom. The molecule has 1 fully saturated rings. The summed E-state index contributed by atoms with van der Waals surface area (Å²) in [5.41, 5.74) is -0.0758. The van der Waals surface area contributed by atoms with Crippen LogP contribution in [0, 0.1) is 11.7 Å². The molecular formula is C21H23ClFN3O4. The molecule has 0 bridgehead atoms. The van der Waals surface area contributed by atoms with Gasteiger partial charge in [0.1, 0.15) is 17.3 Å². The molecule has 0 spiro atoms. The van der Waals surface area contributed by atoms with E-state index in [4.69, 9.17) is 16.3 Å². The second-order valence-corrected chi connectivity index (χ2v) is 7.70. The largest absolute Gasteiger partial charge is 0.484 e. The number of benzene rings is 1. The van der Waals surface area contributed by atoms with Crippen LogP contribution >= 0.6 is 11.6 Å². The summed E-state index contributed by atoms with van der Waals surface area (Å²) in [5.74, 6) is -0.621. The number of amides is 2. The molecule has 3 N–H and O–H groups in total. The third-order valence-electron chi connectivity index (χ3n) is 5.04. The number of halogens is 2. The van der Waals surface area contributed by atoms with Crippen molar-refractivity contribution >= 4 is 23.4 Å². The SMILES string of the molecule is O=C(COc1ccc(Cl)c(F)c1)NC1CCC(CNC(=O)c2cccc(=O)[nH]2)CC1. The smallest absolute Gasteiger partial charge is 0.267 e. The third kappa shape index (κ3) is 6.32. The summed E-state index contributed by atoms with van der Waals surface area (Å²) < 4.78 is 18.7. The summed E-state index contributed by atoms with van der Waals surface area (Å²) in [7, 11) is 0. The highest BCUT2D eigenvalue weighted by molar-refractivity contribution is 6.30. The van der Waals surface area contributed by atoms with Gasteiger partial charge in [0.15, 0.2) is 6.61 Å². The normalized spacial score (nSPS) is 18.5. The minimum atomic E-state index is -0.599. The zero-order valence-corrected chi connectivity index (χ0v) is 17.0. The fraction of sp³-hybridized carbons (Fsp3) is 0.381. The van der Waals surface area contributed by atoms with Crippen molar-refractivity contribution in [3.8, 4) is 5.75 Å². The minimum absolute atomic E-state index is 0.00296. The van der Waals surface area contributed by atoms with Gasteiger partial charge >= 0.3 is 0 Å². The molecular weight excluding hydrogens is 413 g/mol.